The number of benzene rings is 1. The average molecular weight is 296 g/mol. The van der Waals surface area contributed by atoms with Crippen LogP contribution in [-0.4, -0.2) is 31.8 Å². The van der Waals surface area contributed by atoms with Crippen molar-refractivity contribution in [2.45, 2.75) is 31.9 Å². The normalized spacial score (nSPS) is 22.9. The number of hydrogen-bond acceptors (Lipinski definition) is 2. The molecule has 0 saturated carbocycles. The van der Waals surface area contributed by atoms with Gasteiger partial charge in [0.05, 0.1) is 5.60 Å². The number of halogens is 1. The van der Waals surface area contributed by atoms with Gasteiger partial charge < -0.3 is 15.4 Å². The predicted molar refractivity (Wildman–Crippen MR) is 83.2 cm³/mol. The van der Waals surface area contributed by atoms with Gasteiger partial charge in [0.15, 0.2) is 5.96 Å². The minimum Gasteiger partial charge on any atom is -0.373 e. The second-order valence-electron chi connectivity index (χ2n) is 5.31. The highest BCUT2D eigenvalue weighted by atomic mass is 35.5. The van der Waals surface area contributed by atoms with Crippen molar-refractivity contribution in [3.63, 3.8) is 0 Å². The van der Waals surface area contributed by atoms with Crippen LogP contribution in [0.3, 0.4) is 0 Å². The Morgan fingerprint density at radius 1 is 1.35 bits per heavy atom. The van der Waals surface area contributed by atoms with Crippen molar-refractivity contribution in [1.29, 1.82) is 0 Å². The van der Waals surface area contributed by atoms with E-state index in [0.29, 0.717) is 6.54 Å². The van der Waals surface area contributed by atoms with Crippen molar-refractivity contribution < 1.29 is 4.74 Å². The first kappa shape index (κ1) is 15.1. The van der Waals surface area contributed by atoms with Gasteiger partial charge >= 0.3 is 0 Å². The molecule has 0 aromatic heterocycles. The minimum absolute atomic E-state index is 0.0715. The molecular formula is C15H22ClN3O. The van der Waals surface area contributed by atoms with E-state index >= 15 is 0 Å². The molecule has 0 aliphatic carbocycles. The monoisotopic (exact) mass is 295 g/mol. The van der Waals surface area contributed by atoms with Gasteiger partial charge in [0.25, 0.3) is 0 Å². The number of nitrogens with one attached hydrogen (secondary N) is 2. The zero-order valence-electron chi connectivity index (χ0n) is 12.1. The van der Waals surface area contributed by atoms with Crippen molar-refractivity contribution in [2.75, 3.05) is 20.2 Å². The SMILES string of the molecule is CN=C(NCc1ccc(Cl)cc1)NCC1(C)CCCO1. The lowest BCUT2D eigenvalue weighted by atomic mass is 10.0. The van der Waals surface area contributed by atoms with Crippen molar-refractivity contribution in [2.24, 2.45) is 4.99 Å². The van der Waals surface area contributed by atoms with E-state index in [-0.39, 0.29) is 5.60 Å². The van der Waals surface area contributed by atoms with Crippen LogP contribution < -0.4 is 10.6 Å². The molecule has 0 amide bonds. The van der Waals surface area contributed by atoms with Crippen LogP contribution in [0.4, 0.5) is 0 Å². The molecule has 1 aliphatic heterocycles. The lowest BCUT2D eigenvalue weighted by Crippen LogP contribution is -2.45. The zero-order valence-corrected chi connectivity index (χ0v) is 12.8. The molecule has 5 heteroatoms. The van der Waals surface area contributed by atoms with E-state index in [2.05, 4.69) is 22.5 Å². The van der Waals surface area contributed by atoms with Crippen LogP contribution in [0.25, 0.3) is 0 Å². The fourth-order valence-corrected chi connectivity index (χ4v) is 2.38. The molecule has 1 atom stereocenters. The van der Waals surface area contributed by atoms with Gasteiger partial charge in [-0.15, -0.1) is 0 Å². The van der Waals surface area contributed by atoms with E-state index in [4.69, 9.17) is 16.3 Å². The topological polar surface area (TPSA) is 45.7 Å². The zero-order chi connectivity index (χ0) is 14.4. The van der Waals surface area contributed by atoms with Gasteiger partial charge in [0, 0.05) is 31.8 Å². The van der Waals surface area contributed by atoms with E-state index in [0.717, 1.165) is 37.0 Å². The predicted octanol–water partition coefficient (Wildman–Crippen LogP) is 2.57. The maximum atomic E-state index is 5.87. The Morgan fingerprint density at radius 2 is 2.10 bits per heavy atom. The molecule has 1 saturated heterocycles. The fourth-order valence-electron chi connectivity index (χ4n) is 2.26. The van der Waals surface area contributed by atoms with Gasteiger partial charge in [0.2, 0.25) is 0 Å². The van der Waals surface area contributed by atoms with Gasteiger partial charge in [-0.25, -0.2) is 0 Å². The maximum Gasteiger partial charge on any atom is 0.191 e. The van der Waals surface area contributed by atoms with Gasteiger partial charge in [-0.1, -0.05) is 23.7 Å². The van der Waals surface area contributed by atoms with Crippen LogP contribution in [-0.2, 0) is 11.3 Å². The second-order valence-corrected chi connectivity index (χ2v) is 5.74. The molecule has 0 spiro atoms. The quantitative estimate of drug-likeness (QED) is 0.663. The first-order valence-corrected chi connectivity index (χ1v) is 7.32. The third-order valence-corrected chi connectivity index (χ3v) is 3.78. The summed E-state index contributed by atoms with van der Waals surface area (Å²) >= 11 is 5.87. The summed E-state index contributed by atoms with van der Waals surface area (Å²) in [7, 11) is 1.77. The highest BCUT2D eigenvalue weighted by Crippen LogP contribution is 2.23. The van der Waals surface area contributed by atoms with E-state index in [1.165, 1.54) is 5.56 Å². The molecule has 1 aromatic rings. The highest BCUT2D eigenvalue weighted by Gasteiger charge is 2.29. The molecule has 1 aliphatic rings. The summed E-state index contributed by atoms with van der Waals surface area (Å²) in [5, 5.41) is 7.36. The summed E-state index contributed by atoms with van der Waals surface area (Å²) in [5.41, 5.74) is 1.10. The van der Waals surface area contributed by atoms with Gasteiger partial charge in [-0.05, 0) is 37.5 Å². The number of ether oxygens (including phenoxy) is 1. The Hall–Kier alpha value is -1.26. The summed E-state index contributed by atoms with van der Waals surface area (Å²) in [6.07, 6.45) is 2.23. The third-order valence-electron chi connectivity index (χ3n) is 3.53. The molecule has 0 radical (unpaired) electrons. The summed E-state index contributed by atoms with van der Waals surface area (Å²) in [5.74, 6) is 0.789. The third kappa shape index (κ3) is 4.39. The molecule has 20 heavy (non-hydrogen) atoms. The van der Waals surface area contributed by atoms with Crippen LogP contribution in [0.15, 0.2) is 29.3 Å². The maximum absolute atomic E-state index is 5.87. The lowest BCUT2D eigenvalue weighted by molar-refractivity contribution is 0.0243. The van der Waals surface area contributed by atoms with Crippen molar-refractivity contribution in [3.05, 3.63) is 34.9 Å². The smallest absolute Gasteiger partial charge is 0.191 e. The Labute approximate surface area is 125 Å². The first-order valence-electron chi connectivity index (χ1n) is 6.94. The molecule has 1 heterocycles. The fraction of sp³-hybridized carbons (Fsp3) is 0.533. The number of nitrogens with zero attached hydrogens (tertiary/aromatic N) is 1. The Morgan fingerprint density at radius 3 is 2.70 bits per heavy atom. The first-order chi connectivity index (χ1) is 9.61. The van der Waals surface area contributed by atoms with Crippen molar-refractivity contribution >= 4 is 17.6 Å². The van der Waals surface area contributed by atoms with Gasteiger partial charge in [-0.3, -0.25) is 4.99 Å². The van der Waals surface area contributed by atoms with E-state index < -0.39 is 0 Å². The summed E-state index contributed by atoms with van der Waals surface area (Å²) in [4.78, 5) is 4.23. The molecule has 4 nitrogen and oxygen atoms in total. The minimum atomic E-state index is -0.0715. The molecule has 0 bridgehead atoms. The Bertz CT molecular complexity index is 453. The van der Waals surface area contributed by atoms with Crippen LogP contribution in [0, 0.1) is 0 Å². The largest absolute Gasteiger partial charge is 0.373 e. The van der Waals surface area contributed by atoms with Gasteiger partial charge in [0.1, 0.15) is 0 Å². The standard InChI is InChI=1S/C15H22ClN3O/c1-15(8-3-9-20-15)11-19-14(17-2)18-10-12-4-6-13(16)7-5-12/h4-7H,3,8-11H2,1-2H3,(H2,17,18,19). The molecular weight excluding hydrogens is 274 g/mol. The molecule has 1 fully saturated rings. The number of rotatable bonds is 4. The van der Waals surface area contributed by atoms with E-state index in [1.807, 2.05) is 24.3 Å². The van der Waals surface area contributed by atoms with Crippen LogP contribution in [0.1, 0.15) is 25.3 Å². The van der Waals surface area contributed by atoms with Crippen molar-refractivity contribution in [3.8, 4) is 0 Å². The summed E-state index contributed by atoms with van der Waals surface area (Å²) < 4.78 is 5.75. The second kappa shape index (κ2) is 6.95. The lowest BCUT2D eigenvalue weighted by Gasteiger charge is -2.24. The Kier molecular flexibility index (Phi) is 5.26. The van der Waals surface area contributed by atoms with Crippen LogP contribution in [0.2, 0.25) is 5.02 Å². The number of aliphatic imine (C=N–C) groups is 1. The van der Waals surface area contributed by atoms with E-state index in [1.54, 1.807) is 7.05 Å². The van der Waals surface area contributed by atoms with Crippen molar-refractivity contribution in [1.82, 2.24) is 10.6 Å². The van der Waals surface area contributed by atoms with Crippen LogP contribution >= 0.6 is 11.6 Å². The molecule has 1 unspecified atom stereocenters. The summed E-state index contributed by atoms with van der Waals surface area (Å²) in [6.45, 7) is 4.48. The average Bonchev–Trinajstić information content (AvgIpc) is 2.88. The molecule has 2 rings (SSSR count). The Balaban J connectivity index is 1.79. The van der Waals surface area contributed by atoms with E-state index in [9.17, 15) is 0 Å². The number of hydrogen-bond donors (Lipinski definition) is 2. The molecule has 1 aromatic carbocycles. The summed E-state index contributed by atoms with van der Waals surface area (Å²) in [6, 6.07) is 7.79. The molecule has 2 N–H and O–H groups in total. The van der Waals surface area contributed by atoms with Crippen LogP contribution in [0.5, 0.6) is 0 Å². The van der Waals surface area contributed by atoms with Gasteiger partial charge in [-0.2, -0.15) is 0 Å². The highest BCUT2D eigenvalue weighted by molar-refractivity contribution is 6.30. The number of guanidine groups is 1. The molecule has 110 valence electrons.